The van der Waals surface area contributed by atoms with Crippen molar-refractivity contribution in [3.63, 3.8) is 0 Å². The molecular weight excluding hydrogens is 262 g/mol. The summed E-state index contributed by atoms with van der Waals surface area (Å²) in [5.74, 6) is 0.135. The number of unbranched alkanes of at least 4 members (excludes halogenated alkanes) is 1. The number of aliphatic hydroxyl groups is 1. The van der Waals surface area contributed by atoms with Crippen LogP contribution in [0.15, 0.2) is 24.3 Å². The van der Waals surface area contributed by atoms with Gasteiger partial charge in [0.05, 0.1) is 5.75 Å². The summed E-state index contributed by atoms with van der Waals surface area (Å²) < 4.78 is 26.1. The lowest BCUT2D eigenvalue weighted by Crippen LogP contribution is -2.32. The summed E-state index contributed by atoms with van der Waals surface area (Å²) in [6.07, 6.45) is 2.88. The van der Waals surface area contributed by atoms with Crippen LogP contribution in [0.5, 0.6) is 0 Å². The van der Waals surface area contributed by atoms with Crippen LogP contribution in [0, 0.1) is 0 Å². The lowest BCUT2D eigenvalue weighted by molar-refractivity contribution is 0.286. The van der Waals surface area contributed by atoms with E-state index in [9.17, 15) is 8.42 Å². The fourth-order valence-corrected chi connectivity index (χ4v) is 4.00. The van der Waals surface area contributed by atoms with E-state index in [1.165, 1.54) is 5.56 Å². The molecule has 1 aliphatic heterocycles. The number of nitrogens with zero attached hydrogens (tertiary/aromatic N) is 1. The molecule has 0 radical (unpaired) electrons. The van der Waals surface area contributed by atoms with Crippen molar-refractivity contribution in [3.05, 3.63) is 35.4 Å². The zero-order valence-corrected chi connectivity index (χ0v) is 11.9. The summed E-state index contributed by atoms with van der Waals surface area (Å²) in [7, 11) is -3.20. The number of aliphatic hydroxyl groups excluding tert-OH is 1. The predicted molar refractivity (Wildman–Crippen MR) is 75.3 cm³/mol. The molecule has 0 unspecified atom stereocenters. The normalized spacial score (nSPS) is 16.9. The minimum Gasteiger partial charge on any atom is -0.396 e. The van der Waals surface area contributed by atoms with Crippen LogP contribution in [0.4, 0.5) is 0 Å². The largest absolute Gasteiger partial charge is 0.396 e. The molecule has 1 aliphatic rings. The Morgan fingerprint density at radius 1 is 1.16 bits per heavy atom. The number of sulfonamides is 1. The van der Waals surface area contributed by atoms with Gasteiger partial charge in [-0.25, -0.2) is 8.42 Å². The Hall–Kier alpha value is -0.910. The van der Waals surface area contributed by atoms with Crippen molar-refractivity contribution >= 4 is 10.0 Å². The van der Waals surface area contributed by atoms with Gasteiger partial charge < -0.3 is 5.11 Å². The van der Waals surface area contributed by atoms with Crippen molar-refractivity contribution in [1.82, 2.24) is 4.31 Å². The summed E-state index contributed by atoms with van der Waals surface area (Å²) in [4.78, 5) is 0. The fraction of sp³-hybridized carbons (Fsp3) is 0.571. The first-order valence-corrected chi connectivity index (χ1v) is 8.40. The van der Waals surface area contributed by atoms with E-state index in [0.29, 0.717) is 25.9 Å². The summed E-state index contributed by atoms with van der Waals surface area (Å²) in [5.41, 5.74) is 2.38. The second kappa shape index (κ2) is 6.50. The number of rotatable bonds is 5. The van der Waals surface area contributed by atoms with Crippen LogP contribution in [0.1, 0.15) is 30.4 Å². The Kier molecular flexibility index (Phi) is 4.96. The molecule has 0 saturated carbocycles. The molecule has 5 heteroatoms. The number of hydrogen-bond acceptors (Lipinski definition) is 3. The topological polar surface area (TPSA) is 57.6 Å². The minimum absolute atomic E-state index is 0.0539. The van der Waals surface area contributed by atoms with Gasteiger partial charge in [-0.1, -0.05) is 24.3 Å². The van der Waals surface area contributed by atoms with Gasteiger partial charge in [0.2, 0.25) is 10.0 Å². The first-order valence-electron chi connectivity index (χ1n) is 6.79. The number of aryl methyl sites for hydroxylation is 1. The molecule has 0 aliphatic carbocycles. The monoisotopic (exact) mass is 283 g/mol. The van der Waals surface area contributed by atoms with E-state index in [4.69, 9.17) is 5.11 Å². The molecule has 0 atom stereocenters. The number of benzene rings is 1. The van der Waals surface area contributed by atoms with Crippen molar-refractivity contribution in [3.8, 4) is 0 Å². The Morgan fingerprint density at radius 3 is 2.63 bits per heavy atom. The zero-order valence-electron chi connectivity index (χ0n) is 11.1. The fourth-order valence-electron chi connectivity index (χ4n) is 2.43. The van der Waals surface area contributed by atoms with E-state index in [1.807, 2.05) is 18.2 Å². The van der Waals surface area contributed by atoms with Gasteiger partial charge in [-0.15, -0.1) is 0 Å². The first kappa shape index (κ1) is 14.5. The molecule has 0 fully saturated rings. The average molecular weight is 283 g/mol. The van der Waals surface area contributed by atoms with E-state index < -0.39 is 10.0 Å². The molecule has 1 aromatic rings. The zero-order chi connectivity index (χ0) is 13.7. The predicted octanol–water partition coefficient (Wildman–Crippen LogP) is 1.54. The highest BCUT2D eigenvalue weighted by molar-refractivity contribution is 7.89. The first-order chi connectivity index (χ1) is 9.13. The molecule has 4 nitrogen and oxygen atoms in total. The molecule has 0 aromatic heterocycles. The van der Waals surface area contributed by atoms with Gasteiger partial charge in [-0.2, -0.15) is 4.31 Å². The van der Waals surface area contributed by atoms with Gasteiger partial charge >= 0.3 is 0 Å². The summed E-state index contributed by atoms with van der Waals surface area (Å²) in [5, 5.41) is 8.74. The Bertz CT molecular complexity index is 513. The second-order valence-corrected chi connectivity index (χ2v) is 7.04. The maximum Gasteiger partial charge on any atom is 0.214 e. The van der Waals surface area contributed by atoms with Crippen LogP contribution >= 0.6 is 0 Å². The molecule has 19 heavy (non-hydrogen) atoms. The van der Waals surface area contributed by atoms with Crippen molar-refractivity contribution in [2.75, 3.05) is 18.9 Å². The third-order valence-electron chi connectivity index (χ3n) is 3.52. The van der Waals surface area contributed by atoms with Gasteiger partial charge in [-0.3, -0.25) is 0 Å². The standard InChI is InChI=1S/C14H21NO3S/c16-10-3-4-11-19(17,18)15-9-5-8-13-6-1-2-7-14(13)12-15/h1-2,6-7,16H,3-5,8-12H2. The van der Waals surface area contributed by atoms with Gasteiger partial charge in [-0.05, 0) is 36.8 Å². The maximum absolute atomic E-state index is 12.3. The van der Waals surface area contributed by atoms with Gasteiger partial charge in [0.15, 0.2) is 0 Å². The molecule has 1 aromatic carbocycles. The molecule has 1 N–H and O–H groups in total. The Morgan fingerprint density at radius 2 is 1.89 bits per heavy atom. The summed E-state index contributed by atoms with van der Waals surface area (Å²) >= 11 is 0. The van der Waals surface area contributed by atoms with Crippen LogP contribution in [0.2, 0.25) is 0 Å². The van der Waals surface area contributed by atoms with Crippen LogP contribution in [-0.4, -0.2) is 36.7 Å². The van der Waals surface area contributed by atoms with Crippen molar-refractivity contribution in [2.45, 2.75) is 32.2 Å². The third kappa shape index (κ3) is 3.78. The lowest BCUT2D eigenvalue weighted by Gasteiger charge is -2.20. The highest BCUT2D eigenvalue weighted by Crippen LogP contribution is 2.21. The van der Waals surface area contributed by atoms with Gasteiger partial charge in [0, 0.05) is 19.7 Å². The van der Waals surface area contributed by atoms with E-state index >= 15 is 0 Å². The lowest BCUT2D eigenvalue weighted by atomic mass is 10.0. The third-order valence-corrected chi connectivity index (χ3v) is 5.43. The van der Waals surface area contributed by atoms with E-state index in [1.54, 1.807) is 4.31 Å². The Balaban J connectivity index is 2.09. The van der Waals surface area contributed by atoms with E-state index in [2.05, 4.69) is 6.07 Å². The molecular formula is C14H21NO3S. The molecule has 0 bridgehead atoms. The molecule has 106 valence electrons. The second-order valence-electron chi connectivity index (χ2n) is 4.95. The summed E-state index contributed by atoms with van der Waals surface area (Å²) in [6.45, 7) is 1.13. The van der Waals surface area contributed by atoms with Crippen molar-refractivity contribution in [2.24, 2.45) is 0 Å². The smallest absolute Gasteiger partial charge is 0.214 e. The van der Waals surface area contributed by atoms with Gasteiger partial charge in [0.25, 0.3) is 0 Å². The van der Waals surface area contributed by atoms with E-state index in [0.717, 1.165) is 18.4 Å². The molecule has 2 rings (SSSR count). The molecule has 0 amide bonds. The quantitative estimate of drug-likeness (QED) is 0.834. The van der Waals surface area contributed by atoms with Crippen LogP contribution in [-0.2, 0) is 23.0 Å². The van der Waals surface area contributed by atoms with Crippen LogP contribution in [0.25, 0.3) is 0 Å². The molecule has 0 spiro atoms. The number of hydrogen-bond donors (Lipinski definition) is 1. The average Bonchev–Trinajstić information content (AvgIpc) is 2.61. The van der Waals surface area contributed by atoms with Crippen LogP contribution in [0.3, 0.4) is 0 Å². The van der Waals surface area contributed by atoms with E-state index in [-0.39, 0.29) is 12.4 Å². The highest BCUT2D eigenvalue weighted by Gasteiger charge is 2.24. The summed E-state index contributed by atoms with van der Waals surface area (Å²) in [6, 6.07) is 8.05. The van der Waals surface area contributed by atoms with Crippen LogP contribution < -0.4 is 0 Å². The SMILES string of the molecule is O=S(=O)(CCCCO)N1CCCc2ccccc2C1. The van der Waals surface area contributed by atoms with Gasteiger partial charge in [0.1, 0.15) is 0 Å². The highest BCUT2D eigenvalue weighted by atomic mass is 32.2. The maximum atomic E-state index is 12.3. The minimum atomic E-state index is -3.20. The number of fused-ring (bicyclic) bond motifs is 1. The molecule has 1 heterocycles. The van der Waals surface area contributed by atoms with Crippen molar-refractivity contribution < 1.29 is 13.5 Å². The Labute approximate surface area is 115 Å². The molecule has 0 saturated heterocycles. The van der Waals surface area contributed by atoms with Crippen molar-refractivity contribution in [1.29, 1.82) is 0 Å².